The summed E-state index contributed by atoms with van der Waals surface area (Å²) < 4.78 is 6.39. The van der Waals surface area contributed by atoms with Crippen molar-refractivity contribution >= 4 is 16.9 Å². The maximum atomic E-state index is 9.95. The second-order valence-electron chi connectivity index (χ2n) is 9.60. The molecular formula is C24H37N5O2. The molecule has 2 aliphatic rings. The van der Waals surface area contributed by atoms with Crippen molar-refractivity contribution in [3.8, 4) is 5.88 Å². The SMILES string of the molecule is CC[C@H](C)Nc1ncc2c(O[C@H]3CC[C@@H](N(C)C)C3)ncc([C@H]3CC[C@H](O)CC3)c2n1. The van der Waals surface area contributed by atoms with Gasteiger partial charge in [0, 0.05) is 30.0 Å². The molecule has 3 atom stereocenters. The van der Waals surface area contributed by atoms with Gasteiger partial charge in [-0.25, -0.2) is 15.0 Å². The molecule has 0 unspecified atom stereocenters. The number of ether oxygens (including phenoxy) is 1. The van der Waals surface area contributed by atoms with Gasteiger partial charge in [-0.2, -0.15) is 0 Å². The monoisotopic (exact) mass is 427 g/mol. The first-order chi connectivity index (χ1) is 14.9. The number of aromatic nitrogens is 3. The van der Waals surface area contributed by atoms with Crippen LogP contribution in [-0.2, 0) is 0 Å². The third kappa shape index (κ3) is 5.09. The van der Waals surface area contributed by atoms with E-state index in [1.54, 1.807) is 0 Å². The lowest BCUT2D eigenvalue weighted by Gasteiger charge is -2.26. The van der Waals surface area contributed by atoms with Crippen molar-refractivity contribution < 1.29 is 9.84 Å². The van der Waals surface area contributed by atoms with Gasteiger partial charge in [0.1, 0.15) is 6.10 Å². The summed E-state index contributed by atoms with van der Waals surface area (Å²) >= 11 is 0. The summed E-state index contributed by atoms with van der Waals surface area (Å²) in [4.78, 5) is 16.5. The zero-order chi connectivity index (χ0) is 22.0. The van der Waals surface area contributed by atoms with Crippen LogP contribution in [0, 0.1) is 0 Å². The maximum absolute atomic E-state index is 9.95. The quantitative estimate of drug-likeness (QED) is 0.688. The number of anilines is 1. The number of fused-ring (bicyclic) bond motifs is 1. The molecule has 170 valence electrons. The van der Waals surface area contributed by atoms with E-state index in [0.717, 1.165) is 67.8 Å². The molecule has 0 aliphatic heterocycles. The summed E-state index contributed by atoms with van der Waals surface area (Å²) in [5, 5.41) is 14.2. The van der Waals surface area contributed by atoms with E-state index >= 15 is 0 Å². The van der Waals surface area contributed by atoms with Crippen LogP contribution in [0.2, 0.25) is 0 Å². The van der Waals surface area contributed by atoms with Crippen LogP contribution in [0.25, 0.3) is 10.9 Å². The summed E-state index contributed by atoms with van der Waals surface area (Å²) in [6.07, 6.45) is 11.6. The number of aliphatic hydroxyl groups excluding tert-OH is 1. The van der Waals surface area contributed by atoms with Crippen molar-refractivity contribution in [3.05, 3.63) is 18.0 Å². The third-order valence-electron chi connectivity index (χ3n) is 7.10. The summed E-state index contributed by atoms with van der Waals surface area (Å²) in [7, 11) is 4.27. The number of hydrogen-bond acceptors (Lipinski definition) is 7. The second-order valence-corrected chi connectivity index (χ2v) is 9.60. The van der Waals surface area contributed by atoms with Crippen LogP contribution < -0.4 is 10.1 Å². The molecule has 2 aromatic rings. The fraction of sp³-hybridized carbons (Fsp3) is 0.708. The molecule has 0 bridgehead atoms. The smallest absolute Gasteiger partial charge is 0.224 e. The summed E-state index contributed by atoms with van der Waals surface area (Å²) in [5.41, 5.74) is 2.09. The van der Waals surface area contributed by atoms with Crippen molar-refractivity contribution in [3.63, 3.8) is 0 Å². The lowest BCUT2D eigenvalue weighted by atomic mass is 9.83. The minimum absolute atomic E-state index is 0.177. The molecule has 7 nitrogen and oxygen atoms in total. The van der Waals surface area contributed by atoms with E-state index in [0.29, 0.717) is 29.8 Å². The number of rotatable bonds is 7. The van der Waals surface area contributed by atoms with Crippen LogP contribution in [0.3, 0.4) is 0 Å². The summed E-state index contributed by atoms with van der Waals surface area (Å²) in [6, 6.07) is 0.872. The summed E-state index contributed by atoms with van der Waals surface area (Å²) in [5.74, 6) is 1.67. The molecule has 2 heterocycles. The minimum Gasteiger partial charge on any atom is -0.474 e. The van der Waals surface area contributed by atoms with Crippen LogP contribution in [0.15, 0.2) is 12.4 Å². The van der Waals surface area contributed by atoms with Crippen LogP contribution >= 0.6 is 0 Å². The Bertz CT molecular complexity index is 882. The zero-order valence-corrected chi connectivity index (χ0v) is 19.3. The van der Waals surface area contributed by atoms with E-state index < -0.39 is 0 Å². The predicted molar refractivity (Wildman–Crippen MR) is 124 cm³/mol. The van der Waals surface area contributed by atoms with E-state index in [1.165, 1.54) is 0 Å². The Balaban J connectivity index is 1.65. The lowest BCUT2D eigenvalue weighted by molar-refractivity contribution is 0.122. The standard InChI is InChI=1S/C24H37N5O2/c1-5-15(2)27-24-26-14-21-22(28-24)20(16-6-9-18(30)10-7-16)13-25-23(21)31-19-11-8-17(12-19)29(3)4/h13-19,30H,5-12H2,1-4H3,(H,26,27,28)/t15-,16-,17+,18-,19-/m0/s1. The molecule has 0 saturated heterocycles. The molecule has 0 radical (unpaired) electrons. The molecule has 2 aromatic heterocycles. The van der Waals surface area contributed by atoms with Gasteiger partial charge < -0.3 is 20.1 Å². The van der Waals surface area contributed by atoms with Crippen LogP contribution in [0.4, 0.5) is 5.95 Å². The molecule has 2 aliphatic carbocycles. The Morgan fingerprint density at radius 3 is 2.58 bits per heavy atom. The van der Waals surface area contributed by atoms with Gasteiger partial charge in [-0.05, 0) is 78.3 Å². The number of aliphatic hydroxyl groups is 1. The first-order valence-corrected chi connectivity index (χ1v) is 11.9. The van der Waals surface area contributed by atoms with E-state index in [4.69, 9.17) is 14.7 Å². The molecule has 2 N–H and O–H groups in total. The summed E-state index contributed by atoms with van der Waals surface area (Å²) in [6.45, 7) is 4.29. The van der Waals surface area contributed by atoms with Gasteiger partial charge in [0.05, 0.1) is 17.0 Å². The number of pyridine rings is 1. The molecule has 2 fully saturated rings. The van der Waals surface area contributed by atoms with Gasteiger partial charge in [0.15, 0.2) is 0 Å². The Kier molecular flexibility index (Phi) is 6.92. The van der Waals surface area contributed by atoms with Gasteiger partial charge in [-0.3, -0.25) is 0 Å². The topological polar surface area (TPSA) is 83.4 Å². The molecule has 7 heteroatoms. The Hall–Kier alpha value is -1.99. The van der Waals surface area contributed by atoms with Crippen molar-refractivity contribution in [1.82, 2.24) is 19.9 Å². The average molecular weight is 428 g/mol. The van der Waals surface area contributed by atoms with Crippen molar-refractivity contribution in [2.45, 2.75) is 95.4 Å². The van der Waals surface area contributed by atoms with Gasteiger partial charge in [0.25, 0.3) is 0 Å². The average Bonchev–Trinajstić information content (AvgIpc) is 3.23. The van der Waals surface area contributed by atoms with Gasteiger partial charge in [-0.15, -0.1) is 0 Å². The highest BCUT2D eigenvalue weighted by Gasteiger charge is 2.29. The predicted octanol–water partition coefficient (Wildman–Crippen LogP) is 4.12. The molecule has 4 rings (SSSR count). The molecule has 2 saturated carbocycles. The third-order valence-corrected chi connectivity index (χ3v) is 7.10. The fourth-order valence-corrected chi connectivity index (χ4v) is 4.84. The van der Waals surface area contributed by atoms with Crippen LogP contribution in [-0.4, -0.2) is 63.3 Å². The Morgan fingerprint density at radius 2 is 1.90 bits per heavy atom. The number of nitrogens with zero attached hydrogens (tertiary/aromatic N) is 4. The van der Waals surface area contributed by atoms with E-state index in [9.17, 15) is 5.11 Å². The number of nitrogens with one attached hydrogen (secondary N) is 1. The minimum atomic E-state index is -0.178. The second kappa shape index (κ2) is 9.65. The maximum Gasteiger partial charge on any atom is 0.224 e. The van der Waals surface area contributed by atoms with Gasteiger partial charge >= 0.3 is 0 Å². The van der Waals surface area contributed by atoms with Crippen molar-refractivity contribution in [1.29, 1.82) is 0 Å². The number of hydrogen-bond donors (Lipinski definition) is 2. The molecular weight excluding hydrogens is 390 g/mol. The van der Waals surface area contributed by atoms with Gasteiger partial charge in [0.2, 0.25) is 11.8 Å². The molecule has 0 spiro atoms. The van der Waals surface area contributed by atoms with E-state index in [-0.39, 0.29) is 12.2 Å². The molecule has 0 amide bonds. The van der Waals surface area contributed by atoms with E-state index in [1.807, 2.05) is 12.4 Å². The van der Waals surface area contributed by atoms with Gasteiger partial charge in [-0.1, -0.05) is 6.92 Å². The Labute approximate surface area is 185 Å². The highest BCUT2D eigenvalue weighted by Crippen LogP contribution is 2.38. The first-order valence-electron chi connectivity index (χ1n) is 11.9. The highest BCUT2D eigenvalue weighted by atomic mass is 16.5. The normalized spacial score (nSPS) is 27.5. The molecule has 31 heavy (non-hydrogen) atoms. The largest absolute Gasteiger partial charge is 0.474 e. The highest BCUT2D eigenvalue weighted by molar-refractivity contribution is 5.86. The van der Waals surface area contributed by atoms with Crippen molar-refractivity contribution in [2.75, 3.05) is 19.4 Å². The van der Waals surface area contributed by atoms with E-state index in [2.05, 4.69) is 43.1 Å². The molecule has 0 aromatic carbocycles. The Morgan fingerprint density at radius 1 is 1.13 bits per heavy atom. The lowest BCUT2D eigenvalue weighted by Crippen LogP contribution is -2.26. The van der Waals surface area contributed by atoms with Crippen LogP contribution in [0.5, 0.6) is 5.88 Å². The van der Waals surface area contributed by atoms with Crippen molar-refractivity contribution in [2.24, 2.45) is 0 Å². The first kappa shape index (κ1) is 22.2. The van der Waals surface area contributed by atoms with Crippen LogP contribution in [0.1, 0.15) is 76.7 Å². The fourth-order valence-electron chi connectivity index (χ4n) is 4.84. The zero-order valence-electron chi connectivity index (χ0n) is 19.3.